The van der Waals surface area contributed by atoms with Gasteiger partial charge in [0.25, 0.3) is 0 Å². The summed E-state index contributed by atoms with van der Waals surface area (Å²) in [5, 5.41) is 0. The highest BCUT2D eigenvalue weighted by Gasteiger charge is 1.84. The third-order valence-corrected chi connectivity index (χ3v) is 2.53. The van der Waals surface area contributed by atoms with Crippen molar-refractivity contribution in [2.75, 3.05) is 0 Å². The Balaban J connectivity index is 2.88. The lowest BCUT2D eigenvalue weighted by molar-refractivity contribution is 0.663. The van der Waals surface area contributed by atoms with Crippen molar-refractivity contribution in [3.63, 3.8) is 0 Å². The molecule has 3 rings (SSSR count). The zero-order valence-electron chi connectivity index (χ0n) is 5.53. The van der Waals surface area contributed by atoms with E-state index < -0.39 is 0 Å². The van der Waals surface area contributed by atoms with Crippen LogP contribution in [0.3, 0.4) is 0 Å². The number of benzene rings is 1. The van der Waals surface area contributed by atoms with Gasteiger partial charge in [0.2, 0.25) is 17.3 Å². The van der Waals surface area contributed by atoms with E-state index in [0.29, 0.717) is 0 Å². The van der Waals surface area contributed by atoms with E-state index in [4.69, 9.17) is 12.4 Å². The lowest BCUT2D eigenvalue weighted by Crippen LogP contribution is -1.59. The second-order valence-electron chi connectivity index (χ2n) is 1.94. The first-order valence-corrected chi connectivity index (χ1v) is 4.68. The average molecular weight is 188 g/mol. The Hall–Kier alpha value is -0.780. The van der Waals surface area contributed by atoms with Gasteiger partial charge in [-0.2, -0.15) is 0 Å². The van der Waals surface area contributed by atoms with Crippen LogP contribution in [0.5, 0.6) is 0 Å². The average Bonchev–Trinajstić information content (AvgIpc) is 2.21. The van der Waals surface area contributed by atoms with Gasteiger partial charge in [-0.3, -0.25) is 0 Å². The zero-order chi connectivity index (χ0) is 7.52. The fraction of sp³-hybridized carbons (Fsp3) is 0. The van der Waals surface area contributed by atoms with Gasteiger partial charge in [-0.15, -0.1) is 0 Å². The van der Waals surface area contributed by atoms with Crippen LogP contribution in [0.2, 0.25) is 0 Å². The maximum Gasteiger partial charge on any atom is 0.207 e. The molecule has 3 nitrogen and oxygen atoms in total. The summed E-state index contributed by atoms with van der Waals surface area (Å²) in [7, 11) is 0.0683. The molecular formula is C6H6O3P2. The molecule has 2 bridgehead atoms. The third kappa shape index (κ3) is 1.62. The van der Waals surface area contributed by atoms with Gasteiger partial charge in [0.05, 0.1) is 0 Å². The SMILES string of the molecule is c1cc2ccc1o[pH]o[pH]o2. The van der Waals surface area contributed by atoms with E-state index in [9.17, 15) is 0 Å². The Kier molecular flexibility index (Phi) is 1.93. The predicted octanol–water partition coefficient (Wildman–Crippen LogP) is 3.37. The van der Waals surface area contributed by atoms with Gasteiger partial charge in [0.1, 0.15) is 11.2 Å². The molecule has 0 fully saturated rings. The second kappa shape index (κ2) is 3.08. The summed E-state index contributed by atoms with van der Waals surface area (Å²) in [6.07, 6.45) is 0. The van der Waals surface area contributed by atoms with Crippen molar-refractivity contribution >= 4 is 28.5 Å². The molecule has 11 heavy (non-hydrogen) atoms. The molecule has 0 N–H and O–H groups in total. The summed E-state index contributed by atoms with van der Waals surface area (Å²) in [5.41, 5.74) is 1.64. The van der Waals surface area contributed by atoms with E-state index in [2.05, 4.69) is 0 Å². The molecule has 0 aliphatic rings. The van der Waals surface area contributed by atoms with Crippen molar-refractivity contribution in [3.8, 4) is 0 Å². The minimum atomic E-state index is 0.0341. The highest BCUT2D eigenvalue weighted by atomic mass is 31.1. The van der Waals surface area contributed by atoms with E-state index >= 15 is 0 Å². The molecule has 0 aliphatic heterocycles. The Morgan fingerprint density at radius 2 is 1.27 bits per heavy atom. The molecule has 2 aromatic heterocycles. The first kappa shape index (κ1) is 6.90. The van der Waals surface area contributed by atoms with Crippen LogP contribution in [-0.4, -0.2) is 0 Å². The Morgan fingerprint density at radius 1 is 0.818 bits per heavy atom. The quantitative estimate of drug-likeness (QED) is 0.636. The van der Waals surface area contributed by atoms with Gasteiger partial charge in [-0.25, -0.2) is 0 Å². The summed E-state index contributed by atoms with van der Waals surface area (Å²) in [6, 6.07) is 7.45. The van der Waals surface area contributed by atoms with Crippen LogP contribution < -0.4 is 0 Å². The van der Waals surface area contributed by atoms with Crippen molar-refractivity contribution in [2.45, 2.75) is 0 Å². The van der Waals surface area contributed by atoms with Gasteiger partial charge in [-0.05, 0) is 24.3 Å². The Bertz CT molecular complexity index is 315. The minimum absolute atomic E-state index is 0.0341. The molecular weight excluding hydrogens is 182 g/mol. The van der Waals surface area contributed by atoms with E-state index in [1.54, 1.807) is 0 Å². The topological polar surface area (TPSA) is 39.4 Å². The lowest BCUT2D eigenvalue weighted by Gasteiger charge is -1.83. The highest BCUT2D eigenvalue weighted by molar-refractivity contribution is 7.25. The first-order chi connectivity index (χ1) is 5.45. The van der Waals surface area contributed by atoms with Gasteiger partial charge in [-0.1, -0.05) is 0 Å². The predicted molar refractivity (Wildman–Crippen MR) is 46.2 cm³/mol. The molecule has 2 heterocycles. The molecule has 5 heteroatoms. The van der Waals surface area contributed by atoms with Gasteiger partial charge < -0.3 is 12.4 Å². The number of hydrogen-bond donors (Lipinski definition) is 0. The minimum Gasteiger partial charge on any atom is -0.422 e. The maximum atomic E-state index is 5.21. The van der Waals surface area contributed by atoms with E-state index in [1.807, 2.05) is 24.3 Å². The standard InChI is InChI=1S/C6H6O3P2/c1-2-6-4-3-5(1)7-10-9-11-8-6/h1-4,10-11H. The van der Waals surface area contributed by atoms with Crippen LogP contribution in [0.15, 0.2) is 36.6 Å². The van der Waals surface area contributed by atoms with Crippen LogP contribution in [0.25, 0.3) is 11.2 Å². The molecule has 0 radical (unpaired) electrons. The Morgan fingerprint density at radius 3 is 1.73 bits per heavy atom. The molecule has 0 spiro atoms. The fourth-order valence-electron chi connectivity index (χ4n) is 0.731. The molecule has 0 amide bonds. The summed E-state index contributed by atoms with van der Waals surface area (Å²) in [5.74, 6) is 0. The third-order valence-electron chi connectivity index (χ3n) is 1.23. The van der Waals surface area contributed by atoms with Crippen molar-refractivity contribution in [1.82, 2.24) is 0 Å². The monoisotopic (exact) mass is 188 g/mol. The largest absolute Gasteiger partial charge is 0.422 e. The summed E-state index contributed by atoms with van der Waals surface area (Å²) in [6.45, 7) is 0. The van der Waals surface area contributed by atoms with Gasteiger partial charge in [0.15, 0.2) is 0 Å². The summed E-state index contributed by atoms with van der Waals surface area (Å²) >= 11 is 0. The molecule has 1 aromatic carbocycles. The van der Waals surface area contributed by atoms with E-state index in [1.165, 1.54) is 0 Å². The first-order valence-electron chi connectivity index (χ1n) is 3.05. The van der Waals surface area contributed by atoms with E-state index in [-0.39, 0.29) is 17.3 Å². The fourth-order valence-corrected chi connectivity index (χ4v) is 1.66. The van der Waals surface area contributed by atoms with Crippen LogP contribution >= 0.6 is 17.3 Å². The molecule has 2 unspecified atom stereocenters. The highest BCUT2D eigenvalue weighted by Crippen LogP contribution is 2.16. The molecule has 2 atom stereocenters. The Labute approximate surface area is 65.9 Å². The van der Waals surface area contributed by atoms with Crippen molar-refractivity contribution in [2.24, 2.45) is 0 Å². The van der Waals surface area contributed by atoms with Crippen LogP contribution in [0.1, 0.15) is 0 Å². The summed E-state index contributed by atoms with van der Waals surface area (Å²) in [4.78, 5) is 0. The molecule has 0 saturated carbocycles. The van der Waals surface area contributed by atoms with Crippen LogP contribution in [-0.2, 0) is 0 Å². The van der Waals surface area contributed by atoms with Crippen molar-refractivity contribution < 1.29 is 12.4 Å². The number of hydrogen-bond acceptors (Lipinski definition) is 3. The van der Waals surface area contributed by atoms with Crippen LogP contribution in [0.4, 0.5) is 0 Å². The number of rotatable bonds is 0. The molecule has 0 aliphatic carbocycles. The molecule has 58 valence electrons. The van der Waals surface area contributed by atoms with Gasteiger partial charge >= 0.3 is 0 Å². The van der Waals surface area contributed by atoms with E-state index in [0.717, 1.165) is 11.2 Å². The lowest BCUT2D eigenvalue weighted by atomic mass is 10.3. The zero-order valence-corrected chi connectivity index (χ0v) is 7.53. The smallest absolute Gasteiger partial charge is 0.207 e. The van der Waals surface area contributed by atoms with Crippen molar-refractivity contribution in [3.05, 3.63) is 24.3 Å². The summed E-state index contributed by atoms with van der Waals surface area (Å²) < 4.78 is 15.4. The molecule has 3 aromatic rings. The normalized spacial score (nSPS) is 11.3. The second-order valence-corrected chi connectivity index (χ2v) is 3.50. The maximum absolute atomic E-state index is 5.21. The number of fused-ring (bicyclic) bond motifs is 6. The van der Waals surface area contributed by atoms with Crippen LogP contribution in [0, 0.1) is 0 Å². The molecule has 0 saturated heterocycles. The van der Waals surface area contributed by atoms with Crippen molar-refractivity contribution in [1.29, 1.82) is 0 Å². The van der Waals surface area contributed by atoms with Gasteiger partial charge in [0, 0.05) is 0 Å².